The molecule has 1 aromatic carbocycles. The summed E-state index contributed by atoms with van der Waals surface area (Å²) in [6.07, 6.45) is 4.78. The Bertz CT molecular complexity index is 375. The van der Waals surface area contributed by atoms with Gasteiger partial charge < -0.3 is 5.11 Å². The molecule has 0 saturated heterocycles. The third kappa shape index (κ3) is 3.96. The van der Waals surface area contributed by atoms with E-state index >= 15 is 0 Å². The summed E-state index contributed by atoms with van der Waals surface area (Å²) in [6.45, 7) is 4.38. The van der Waals surface area contributed by atoms with Crippen molar-refractivity contribution in [2.75, 3.05) is 6.61 Å². The molecule has 1 unspecified atom stereocenters. The molecule has 1 atom stereocenters. The smallest absolute Gasteiger partial charge is 0.124 e. The Morgan fingerprint density at radius 1 is 1.33 bits per heavy atom. The first-order chi connectivity index (χ1) is 8.56. The van der Waals surface area contributed by atoms with E-state index in [0.29, 0.717) is 11.4 Å². The second-order valence-electron chi connectivity index (χ2n) is 5.03. The van der Waals surface area contributed by atoms with Crippen LogP contribution in [-0.2, 0) is 6.42 Å². The van der Waals surface area contributed by atoms with Crippen molar-refractivity contribution < 1.29 is 9.50 Å². The van der Waals surface area contributed by atoms with Crippen LogP contribution < -0.4 is 0 Å². The lowest BCUT2D eigenvalue weighted by atomic mass is 9.76. The van der Waals surface area contributed by atoms with Gasteiger partial charge in [-0.05, 0) is 42.4 Å². The fourth-order valence-electron chi connectivity index (χ4n) is 2.26. The van der Waals surface area contributed by atoms with E-state index in [1.165, 1.54) is 12.1 Å². The molecule has 18 heavy (non-hydrogen) atoms. The maximum Gasteiger partial charge on any atom is 0.124 e. The van der Waals surface area contributed by atoms with Crippen molar-refractivity contribution in [1.82, 2.24) is 0 Å². The van der Waals surface area contributed by atoms with Crippen LogP contribution in [0.4, 0.5) is 4.39 Å². The van der Waals surface area contributed by atoms with Crippen LogP contribution in [0.1, 0.15) is 45.1 Å². The molecule has 1 rings (SSSR count). The lowest BCUT2D eigenvalue weighted by Crippen LogP contribution is -2.27. The van der Waals surface area contributed by atoms with Crippen LogP contribution in [0.25, 0.3) is 0 Å². The molecule has 0 radical (unpaired) electrons. The summed E-state index contributed by atoms with van der Waals surface area (Å²) < 4.78 is 13.0. The second-order valence-corrected chi connectivity index (χ2v) is 5.43. The van der Waals surface area contributed by atoms with Crippen molar-refractivity contribution in [1.29, 1.82) is 0 Å². The van der Waals surface area contributed by atoms with Gasteiger partial charge in [-0.1, -0.05) is 44.4 Å². The van der Waals surface area contributed by atoms with Crippen molar-refractivity contribution in [3.63, 3.8) is 0 Å². The van der Waals surface area contributed by atoms with E-state index in [4.69, 9.17) is 11.6 Å². The topological polar surface area (TPSA) is 20.2 Å². The van der Waals surface area contributed by atoms with Crippen LogP contribution in [0.5, 0.6) is 0 Å². The van der Waals surface area contributed by atoms with E-state index in [0.717, 1.165) is 31.2 Å². The first-order valence-corrected chi connectivity index (χ1v) is 6.99. The molecule has 0 aliphatic carbocycles. The van der Waals surface area contributed by atoms with Crippen LogP contribution in [-0.4, -0.2) is 11.7 Å². The molecule has 3 heteroatoms. The first kappa shape index (κ1) is 15.5. The number of rotatable bonds is 7. The Morgan fingerprint density at radius 3 is 2.56 bits per heavy atom. The molecule has 0 amide bonds. The van der Waals surface area contributed by atoms with Gasteiger partial charge in [0.05, 0.1) is 0 Å². The van der Waals surface area contributed by atoms with Gasteiger partial charge in [-0.15, -0.1) is 0 Å². The molecule has 1 nitrogen and oxygen atoms in total. The second kappa shape index (κ2) is 7.10. The van der Waals surface area contributed by atoms with E-state index in [1.807, 2.05) is 0 Å². The van der Waals surface area contributed by atoms with Crippen LogP contribution in [0.2, 0.25) is 5.02 Å². The van der Waals surface area contributed by atoms with Gasteiger partial charge in [-0.2, -0.15) is 0 Å². The number of hydrogen-bond donors (Lipinski definition) is 1. The maximum absolute atomic E-state index is 13.0. The standard InChI is InChI=1S/C15H22ClFO/c1-3-5-8-15(4-2,11-18)10-12-6-7-13(17)9-14(12)16/h6-7,9,18H,3-5,8,10-11H2,1-2H3. The molecule has 1 aromatic rings. The molecular formula is C15H22ClFO. The van der Waals surface area contributed by atoms with E-state index in [9.17, 15) is 9.50 Å². The SMILES string of the molecule is CCCCC(CC)(CO)Cc1ccc(F)cc1Cl. The molecule has 0 aromatic heterocycles. The molecule has 1 N–H and O–H groups in total. The van der Waals surface area contributed by atoms with Crippen LogP contribution in [0.3, 0.4) is 0 Å². The minimum absolute atomic E-state index is 0.128. The predicted octanol–water partition coefficient (Wildman–Crippen LogP) is 4.60. The average Bonchev–Trinajstić information content (AvgIpc) is 2.37. The highest BCUT2D eigenvalue weighted by Crippen LogP contribution is 2.34. The summed E-state index contributed by atoms with van der Waals surface area (Å²) in [6, 6.07) is 4.50. The predicted molar refractivity (Wildman–Crippen MR) is 74.4 cm³/mol. The quantitative estimate of drug-likeness (QED) is 0.769. The molecule has 0 bridgehead atoms. The zero-order valence-electron chi connectivity index (χ0n) is 11.2. The number of aliphatic hydroxyl groups is 1. The molecule has 102 valence electrons. The Kier molecular flexibility index (Phi) is 6.10. The first-order valence-electron chi connectivity index (χ1n) is 6.61. The van der Waals surface area contributed by atoms with Crippen LogP contribution >= 0.6 is 11.6 Å². The summed E-state index contributed by atoms with van der Waals surface area (Å²) >= 11 is 6.06. The van der Waals surface area contributed by atoms with Gasteiger partial charge >= 0.3 is 0 Å². The third-order valence-corrected chi connectivity index (χ3v) is 4.08. The van der Waals surface area contributed by atoms with Crippen LogP contribution in [0, 0.1) is 11.2 Å². The van der Waals surface area contributed by atoms with E-state index < -0.39 is 0 Å². The lowest BCUT2D eigenvalue weighted by molar-refractivity contribution is 0.107. The minimum Gasteiger partial charge on any atom is -0.396 e. The van der Waals surface area contributed by atoms with Gasteiger partial charge in [0.2, 0.25) is 0 Å². The van der Waals surface area contributed by atoms with E-state index in [1.54, 1.807) is 6.07 Å². The Morgan fingerprint density at radius 2 is 2.06 bits per heavy atom. The molecule has 0 saturated carbocycles. The number of hydrogen-bond acceptors (Lipinski definition) is 1. The number of aliphatic hydroxyl groups excluding tert-OH is 1. The molecule has 0 spiro atoms. The van der Waals surface area contributed by atoms with Crippen LogP contribution in [0.15, 0.2) is 18.2 Å². The lowest BCUT2D eigenvalue weighted by Gasteiger charge is -2.31. The summed E-state index contributed by atoms with van der Waals surface area (Å²) in [7, 11) is 0. The number of unbranched alkanes of at least 4 members (excludes halogenated alkanes) is 1. The van der Waals surface area contributed by atoms with Crippen molar-refractivity contribution >= 4 is 11.6 Å². The monoisotopic (exact) mass is 272 g/mol. The van der Waals surface area contributed by atoms with Crippen molar-refractivity contribution in [2.45, 2.75) is 46.0 Å². The number of benzene rings is 1. The summed E-state index contributed by atoms with van der Waals surface area (Å²) in [4.78, 5) is 0. The van der Waals surface area contributed by atoms with Gasteiger partial charge in [0.25, 0.3) is 0 Å². The largest absolute Gasteiger partial charge is 0.396 e. The van der Waals surface area contributed by atoms with Gasteiger partial charge in [-0.25, -0.2) is 4.39 Å². The van der Waals surface area contributed by atoms with E-state index in [2.05, 4.69) is 13.8 Å². The van der Waals surface area contributed by atoms with Gasteiger partial charge in [-0.3, -0.25) is 0 Å². The van der Waals surface area contributed by atoms with E-state index in [-0.39, 0.29) is 17.8 Å². The molecule has 0 aliphatic heterocycles. The van der Waals surface area contributed by atoms with Gasteiger partial charge in [0.1, 0.15) is 5.82 Å². The molecular weight excluding hydrogens is 251 g/mol. The van der Waals surface area contributed by atoms with Crippen molar-refractivity contribution in [2.24, 2.45) is 5.41 Å². The zero-order valence-corrected chi connectivity index (χ0v) is 11.9. The normalized spacial score (nSPS) is 14.5. The summed E-state index contributed by atoms with van der Waals surface area (Å²) in [5.41, 5.74) is 0.794. The minimum atomic E-state index is -0.316. The summed E-state index contributed by atoms with van der Waals surface area (Å²) in [5.74, 6) is -0.316. The zero-order chi connectivity index (χ0) is 13.6. The fraction of sp³-hybridized carbons (Fsp3) is 0.600. The van der Waals surface area contributed by atoms with Gasteiger partial charge in [0, 0.05) is 11.6 Å². The highest BCUT2D eigenvalue weighted by atomic mass is 35.5. The fourth-order valence-corrected chi connectivity index (χ4v) is 2.49. The van der Waals surface area contributed by atoms with Crippen molar-refractivity contribution in [3.8, 4) is 0 Å². The molecule has 0 aliphatic rings. The highest BCUT2D eigenvalue weighted by molar-refractivity contribution is 6.31. The third-order valence-electron chi connectivity index (χ3n) is 3.73. The summed E-state index contributed by atoms with van der Waals surface area (Å²) in [5, 5.41) is 10.1. The molecule has 0 fully saturated rings. The van der Waals surface area contributed by atoms with Crippen molar-refractivity contribution in [3.05, 3.63) is 34.6 Å². The number of halogens is 2. The average molecular weight is 273 g/mol. The Hall–Kier alpha value is -0.600. The maximum atomic E-state index is 13.0. The Labute approximate surface area is 114 Å². The molecule has 0 heterocycles. The van der Waals surface area contributed by atoms with Gasteiger partial charge in [0.15, 0.2) is 0 Å². The highest BCUT2D eigenvalue weighted by Gasteiger charge is 2.27. The Balaban J connectivity index is 2.88.